The van der Waals surface area contributed by atoms with E-state index in [1.807, 2.05) is 36.4 Å². The smallest absolute Gasteiger partial charge is 0.262 e. The van der Waals surface area contributed by atoms with Crippen LogP contribution in [0.5, 0.6) is 5.75 Å². The monoisotopic (exact) mass is 452 g/mol. The van der Waals surface area contributed by atoms with Gasteiger partial charge in [0.15, 0.2) is 6.61 Å². The fraction of sp³-hybridized carbons (Fsp3) is 0.217. The summed E-state index contributed by atoms with van der Waals surface area (Å²) in [5.41, 5.74) is 4.11. The largest absolute Gasteiger partial charge is 0.484 e. The molecular weight excluding hydrogens is 432 g/mol. The molecule has 2 unspecified atom stereocenters. The molecule has 0 bridgehead atoms. The van der Waals surface area contributed by atoms with Crippen LogP contribution in [0, 0.1) is 13.8 Å². The van der Waals surface area contributed by atoms with Crippen LogP contribution < -0.4 is 10.1 Å². The van der Waals surface area contributed by atoms with Crippen molar-refractivity contribution in [1.82, 2.24) is 5.32 Å². The van der Waals surface area contributed by atoms with Crippen LogP contribution in [0.15, 0.2) is 75.9 Å². The highest BCUT2D eigenvalue weighted by Gasteiger charge is 2.30. The van der Waals surface area contributed by atoms with Gasteiger partial charge in [-0.2, -0.15) is 0 Å². The summed E-state index contributed by atoms with van der Waals surface area (Å²) in [5.74, 6) is 1.05. The molecule has 0 saturated heterocycles. The quantitative estimate of drug-likeness (QED) is 0.738. The van der Waals surface area contributed by atoms with E-state index in [-0.39, 0.29) is 24.7 Å². The summed E-state index contributed by atoms with van der Waals surface area (Å²) >= 11 is 3.37. The number of aliphatic imine (C=N–C) groups is 1. The van der Waals surface area contributed by atoms with E-state index in [1.165, 1.54) is 11.1 Å². The minimum atomic E-state index is -0.223. The van der Waals surface area contributed by atoms with Gasteiger partial charge in [-0.3, -0.25) is 4.79 Å². The topological polar surface area (TPSA) is 59.9 Å². The molecule has 1 amide bonds. The molecule has 5 nitrogen and oxygen atoms in total. The molecular formula is C23H21BrN2O3. The van der Waals surface area contributed by atoms with Gasteiger partial charge < -0.3 is 14.8 Å². The number of benzene rings is 2. The number of rotatable bonds is 5. The number of hydrogen-bond acceptors (Lipinski definition) is 4. The lowest BCUT2D eigenvalue weighted by atomic mass is 10.0. The molecule has 1 N–H and O–H groups in total. The summed E-state index contributed by atoms with van der Waals surface area (Å²) in [7, 11) is 0. The average Bonchev–Trinajstić information content (AvgIpc) is 3.13. The van der Waals surface area contributed by atoms with Crippen LogP contribution in [0.25, 0.3) is 0 Å². The van der Waals surface area contributed by atoms with Gasteiger partial charge in [-0.15, -0.1) is 0 Å². The van der Waals surface area contributed by atoms with Gasteiger partial charge in [0.25, 0.3) is 5.91 Å². The number of nitrogens with zero attached hydrogens (tertiary/aromatic N) is 1. The van der Waals surface area contributed by atoms with E-state index in [4.69, 9.17) is 14.5 Å². The molecule has 2 atom stereocenters. The van der Waals surface area contributed by atoms with E-state index < -0.39 is 0 Å². The number of allylic oxidation sites excluding steroid dienone is 1. The molecule has 0 fully saturated rings. The second kappa shape index (κ2) is 8.25. The third-order valence-electron chi connectivity index (χ3n) is 4.89. The van der Waals surface area contributed by atoms with Crippen molar-refractivity contribution in [3.05, 3.63) is 87.6 Å². The maximum absolute atomic E-state index is 12.2. The van der Waals surface area contributed by atoms with Crippen molar-refractivity contribution in [2.75, 3.05) is 6.61 Å². The van der Waals surface area contributed by atoms with Crippen LogP contribution in [-0.2, 0) is 9.53 Å². The molecule has 2 aliphatic rings. The van der Waals surface area contributed by atoms with Gasteiger partial charge >= 0.3 is 0 Å². The van der Waals surface area contributed by atoms with Crippen molar-refractivity contribution in [3.63, 3.8) is 0 Å². The SMILES string of the molecule is Cc1ccc(C2=NC3C=C(NC(=O)COc4ccc(Br)cc4)C=CC3O2)cc1C. The summed E-state index contributed by atoms with van der Waals surface area (Å²) in [4.78, 5) is 16.9. The number of amides is 1. The van der Waals surface area contributed by atoms with Crippen molar-refractivity contribution in [1.29, 1.82) is 0 Å². The normalized spacial score (nSPS) is 19.7. The zero-order chi connectivity index (χ0) is 20.4. The third kappa shape index (κ3) is 4.59. The van der Waals surface area contributed by atoms with Crippen molar-refractivity contribution in [3.8, 4) is 5.75 Å². The van der Waals surface area contributed by atoms with Crippen molar-refractivity contribution in [2.45, 2.75) is 26.0 Å². The summed E-state index contributed by atoms with van der Waals surface area (Å²) in [6, 6.07) is 13.4. The highest BCUT2D eigenvalue weighted by molar-refractivity contribution is 9.10. The number of carbonyl (C=O) groups excluding carboxylic acids is 1. The van der Waals surface area contributed by atoms with Crippen molar-refractivity contribution >= 4 is 27.7 Å². The van der Waals surface area contributed by atoms with Gasteiger partial charge in [-0.05, 0) is 79.6 Å². The van der Waals surface area contributed by atoms with Gasteiger partial charge in [0.1, 0.15) is 17.9 Å². The minimum absolute atomic E-state index is 0.0609. The van der Waals surface area contributed by atoms with Crippen LogP contribution in [0.4, 0.5) is 0 Å². The Balaban J connectivity index is 1.38. The minimum Gasteiger partial charge on any atom is -0.484 e. The fourth-order valence-electron chi connectivity index (χ4n) is 3.14. The zero-order valence-corrected chi connectivity index (χ0v) is 17.8. The number of carbonyl (C=O) groups is 1. The predicted octanol–water partition coefficient (Wildman–Crippen LogP) is 4.23. The lowest BCUT2D eigenvalue weighted by molar-refractivity contribution is -0.122. The maximum Gasteiger partial charge on any atom is 0.262 e. The number of nitrogens with one attached hydrogen (secondary N) is 1. The Bertz CT molecular complexity index is 1020. The summed E-state index contributed by atoms with van der Waals surface area (Å²) in [6.07, 6.45) is 5.53. The first-order valence-electron chi connectivity index (χ1n) is 9.38. The number of fused-ring (bicyclic) bond motifs is 1. The number of aryl methyl sites for hydroxylation is 2. The first kappa shape index (κ1) is 19.5. The van der Waals surface area contributed by atoms with E-state index in [0.29, 0.717) is 17.3 Å². The predicted molar refractivity (Wildman–Crippen MR) is 116 cm³/mol. The van der Waals surface area contributed by atoms with E-state index in [9.17, 15) is 4.79 Å². The molecule has 2 aromatic carbocycles. The molecule has 1 aliphatic heterocycles. The lowest BCUT2D eigenvalue weighted by Gasteiger charge is -2.17. The maximum atomic E-state index is 12.2. The average molecular weight is 453 g/mol. The van der Waals surface area contributed by atoms with Gasteiger partial charge in [0.2, 0.25) is 5.90 Å². The Hall–Kier alpha value is -2.86. The Morgan fingerprint density at radius 3 is 2.72 bits per heavy atom. The highest BCUT2D eigenvalue weighted by Crippen LogP contribution is 2.25. The van der Waals surface area contributed by atoms with E-state index in [1.54, 1.807) is 12.1 Å². The molecule has 148 valence electrons. The van der Waals surface area contributed by atoms with Gasteiger partial charge in [0, 0.05) is 15.7 Å². The number of hydrogen-bond donors (Lipinski definition) is 1. The molecule has 0 radical (unpaired) electrons. The van der Waals surface area contributed by atoms with Gasteiger partial charge in [-0.1, -0.05) is 22.0 Å². The van der Waals surface area contributed by atoms with Crippen LogP contribution in [0.3, 0.4) is 0 Å². The Morgan fingerprint density at radius 1 is 1.17 bits per heavy atom. The molecule has 2 aromatic rings. The lowest BCUT2D eigenvalue weighted by Crippen LogP contribution is -2.31. The van der Waals surface area contributed by atoms with E-state index in [2.05, 4.69) is 47.2 Å². The summed E-state index contributed by atoms with van der Waals surface area (Å²) in [5, 5.41) is 2.86. The van der Waals surface area contributed by atoms with E-state index >= 15 is 0 Å². The Morgan fingerprint density at radius 2 is 1.97 bits per heavy atom. The summed E-state index contributed by atoms with van der Waals surface area (Å²) < 4.78 is 12.5. The number of ether oxygens (including phenoxy) is 2. The molecule has 0 aromatic heterocycles. The Kier molecular flexibility index (Phi) is 5.53. The molecule has 29 heavy (non-hydrogen) atoms. The molecule has 1 aliphatic carbocycles. The standard InChI is InChI=1S/C23H21BrN2O3/c1-14-3-4-16(11-15(14)2)23-26-20-12-18(7-10-21(20)29-23)25-22(27)13-28-19-8-5-17(24)6-9-19/h3-12,20-21H,13H2,1-2H3,(H,25,27). The van der Waals surface area contributed by atoms with Crippen LogP contribution in [0.2, 0.25) is 0 Å². The molecule has 1 heterocycles. The van der Waals surface area contributed by atoms with Crippen molar-refractivity contribution in [2.24, 2.45) is 4.99 Å². The molecule has 0 saturated carbocycles. The van der Waals surface area contributed by atoms with Crippen LogP contribution >= 0.6 is 15.9 Å². The van der Waals surface area contributed by atoms with Gasteiger partial charge in [0.05, 0.1) is 0 Å². The first-order chi connectivity index (χ1) is 14.0. The Labute approximate surface area is 178 Å². The first-order valence-corrected chi connectivity index (χ1v) is 10.2. The van der Waals surface area contributed by atoms with Crippen LogP contribution in [0.1, 0.15) is 16.7 Å². The van der Waals surface area contributed by atoms with E-state index in [0.717, 1.165) is 10.0 Å². The highest BCUT2D eigenvalue weighted by atomic mass is 79.9. The van der Waals surface area contributed by atoms with Crippen LogP contribution in [-0.4, -0.2) is 30.6 Å². The fourth-order valence-corrected chi connectivity index (χ4v) is 3.40. The van der Waals surface area contributed by atoms with Crippen molar-refractivity contribution < 1.29 is 14.3 Å². The van der Waals surface area contributed by atoms with Gasteiger partial charge in [-0.25, -0.2) is 4.99 Å². The zero-order valence-electron chi connectivity index (χ0n) is 16.2. The second-order valence-electron chi connectivity index (χ2n) is 7.08. The molecule has 4 rings (SSSR count). The summed E-state index contributed by atoms with van der Waals surface area (Å²) in [6.45, 7) is 4.09. The molecule has 6 heteroatoms. The third-order valence-corrected chi connectivity index (χ3v) is 5.42. The number of halogens is 1. The molecule has 0 spiro atoms. The second-order valence-corrected chi connectivity index (χ2v) is 7.99.